The van der Waals surface area contributed by atoms with Crippen LogP contribution in [0.5, 0.6) is 0 Å². The maximum absolute atomic E-state index is 12.0. The SMILES string of the molecule is Cc1c(C(=O)O)sc(=O)n1CC(=O)NC1CCCCC1. The molecule has 1 aliphatic rings. The maximum Gasteiger partial charge on any atom is 0.347 e. The van der Waals surface area contributed by atoms with E-state index in [0.717, 1.165) is 25.7 Å². The van der Waals surface area contributed by atoms with Gasteiger partial charge in [-0.05, 0) is 19.8 Å². The minimum atomic E-state index is -1.13. The number of aromatic carboxylic acids is 1. The van der Waals surface area contributed by atoms with Crippen LogP contribution < -0.4 is 10.2 Å². The molecule has 1 aromatic rings. The monoisotopic (exact) mass is 298 g/mol. The highest BCUT2D eigenvalue weighted by Crippen LogP contribution is 2.17. The number of thiazole rings is 1. The van der Waals surface area contributed by atoms with Gasteiger partial charge in [-0.1, -0.05) is 30.6 Å². The predicted octanol–water partition coefficient (Wildman–Crippen LogP) is 1.37. The number of rotatable bonds is 4. The lowest BCUT2D eigenvalue weighted by molar-refractivity contribution is -0.122. The number of carbonyl (C=O) groups is 2. The molecular formula is C13H18N2O4S. The Kier molecular flexibility index (Phi) is 4.59. The Hall–Kier alpha value is -1.63. The molecule has 1 aliphatic carbocycles. The summed E-state index contributed by atoms with van der Waals surface area (Å²) in [5.74, 6) is -1.35. The molecule has 1 saturated carbocycles. The second kappa shape index (κ2) is 6.21. The third kappa shape index (κ3) is 3.27. The molecule has 2 N–H and O–H groups in total. The Labute approximate surface area is 120 Å². The number of aromatic nitrogens is 1. The number of hydrogen-bond acceptors (Lipinski definition) is 4. The molecule has 7 heteroatoms. The highest BCUT2D eigenvalue weighted by molar-refractivity contribution is 7.11. The summed E-state index contributed by atoms with van der Waals surface area (Å²) in [6.45, 7) is 1.44. The number of amides is 1. The Morgan fingerprint density at radius 3 is 2.55 bits per heavy atom. The summed E-state index contributed by atoms with van der Waals surface area (Å²) in [5, 5.41) is 11.9. The lowest BCUT2D eigenvalue weighted by Crippen LogP contribution is -2.39. The lowest BCUT2D eigenvalue weighted by atomic mass is 9.95. The van der Waals surface area contributed by atoms with Gasteiger partial charge in [0.25, 0.3) is 0 Å². The minimum Gasteiger partial charge on any atom is -0.477 e. The Balaban J connectivity index is 2.04. The molecule has 1 amide bonds. The Bertz CT molecular complexity index is 569. The first-order valence-corrected chi connectivity index (χ1v) is 7.53. The first kappa shape index (κ1) is 14.8. The van der Waals surface area contributed by atoms with E-state index in [1.165, 1.54) is 11.0 Å². The molecule has 0 bridgehead atoms. The fraction of sp³-hybridized carbons (Fsp3) is 0.615. The molecule has 1 aromatic heterocycles. The summed E-state index contributed by atoms with van der Waals surface area (Å²) in [6.07, 6.45) is 5.39. The van der Waals surface area contributed by atoms with Crippen LogP contribution in [-0.2, 0) is 11.3 Å². The van der Waals surface area contributed by atoms with E-state index in [-0.39, 0.29) is 23.4 Å². The topological polar surface area (TPSA) is 88.4 Å². The van der Waals surface area contributed by atoms with Crippen molar-refractivity contribution in [3.63, 3.8) is 0 Å². The number of carbonyl (C=O) groups excluding carboxylic acids is 1. The van der Waals surface area contributed by atoms with Crippen LogP contribution >= 0.6 is 11.3 Å². The zero-order valence-electron chi connectivity index (χ0n) is 11.3. The fourth-order valence-corrected chi connectivity index (χ4v) is 3.35. The summed E-state index contributed by atoms with van der Waals surface area (Å²) in [6, 6.07) is 0.185. The molecule has 0 radical (unpaired) electrons. The second-order valence-corrected chi connectivity index (χ2v) is 6.04. The highest BCUT2D eigenvalue weighted by atomic mass is 32.1. The van der Waals surface area contributed by atoms with Crippen LogP contribution in [0, 0.1) is 6.92 Å². The van der Waals surface area contributed by atoms with Crippen molar-refractivity contribution < 1.29 is 14.7 Å². The number of nitrogens with zero attached hydrogens (tertiary/aromatic N) is 1. The first-order valence-electron chi connectivity index (χ1n) is 6.72. The van der Waals surface area contributed by atoms with Gasteiger partial charge in [0.2, 0.25) is 5.91 Å². The molecular weight excluding hydrogens is 280 g/mol. The first-order chi connectivity index (χ1) is 9.49. The van der Waals surface area contributed by atoms with Gasteiger partial charge in [-0.2, -0.15) is 0 Å². The summed E-state index contributed by atoms with van der Waals surface area (Å²) >= 11 is 0.665. The van der Waals surface area contributed by atoms with Crippen LogP contribution in [0.3, 0.4) is 0 Å². The third-order valence-corrected chi connectivity index (χ3v) is 4.68. The van der Waals surface area contributed by atoms with E-state index in [4.69, 9.17) is 5.11 Å². The summed E-state index contributed by atoms with van der Waals surface area (Å²) in [7, 11) is 0. The van der Waals surface area contributed by atoms with Gasteiger partial charge in [0, 0.05) is 11.7 Å². The van der Waals surface area contributed by atoms with Gasteiger partial charge in [0.15, 0.2) is 0 Å². The second-order valence-electron chi connectivity index (χ2n) is 5.08. The number of nitrogens with one attached hydrogen (secondary N) is 1. The van der Waals surface area contributed by atoms with E-state index < -0.39 is 10.8 Å². The van der Waals surface area contributed by atoms with Crippen molar-refractivity contribution in [2.45, 2.75) is 51.6 Å². The fourth-order valence-electron chi connectivity index (χ4n) is 2.52. The van der Waals surface area contributed by atoms with E-state index in [9.17, 15) is 14.4 Å². The zero-order chi connectivity index (χ0) is 14.7. The van der Waals surface area contributed by atoms with Gasteiger partial charge < -0.3 is 10.4 Å². The standard InChI is InChI=1S/C13H18N2O4S/c1-8-11(12(17)18)20-13(19)15(8)7-10(16)14-9-5-3-2-4-6-9/h9H,2-7H2,1H3,(H,14,16)(H,17,18). The van der Waals surface area contributed by atoms with Crippen LogP contribution in [0.2, 0.25) is 0 Å². The normalized spacial score (nSPS) is 16.1. The Morgan fingerprint density at radius 1 is 1.35 bits per heavy atom. The van der Waals surface area contributed by atoms with Gasteiger partial charge >= 0.3 is 10.8 Å². The smallest absolute Gasteiger partial charge is 0.347 e. The average molecular weight is 298 g/mol. The van der Waals surface area contributed by atoms with Crippen molar-refractivity contribution >= 4 is 23.2 Å². The van der Waals surface area contributed by atoms with E-state index in [0.29, 0.717) is 17.0 Å². The lowest BCUT2D eigenvalue weighted by Gasteiger charge is -2.22. The summed E-state index contributed by atoms with van der Waals surface area (Å²) in [4.78, 5) is 34.2. The molecule has 110 valence electrons. The van der Waals surface area contributed by atoms with Crippen molar-refractivity contribution in [2.24, 2.45) is 0 Å². The van der Waals surface area contributed by atoms with E-state index in [1.807, 2.05) is 0 Å². The summed E-state index contributed by atoms with van der Waals surface area (Å²) in [5.41, 5.74) is 0.339. The van der Waals surface area contributed by atoms with Crippen molar-refractivity contribution in [3.8, 4) is 0 Å². The molecule has 0 aromatic carbocycles. The number of hydrogen-bond donors (Lipinski definition) is 2. The van der Waals surface area contributed by atoms with Crippen molar-refractivity contribution in [2.75, 3.05) is 0 Å². The molecule has 1 heterocycles. The van der Waals surface area contributed by atoms with Crippen LogP contribution in [0.25, 0.3) is 0 Å². The van der Waals surface area contributed by atoms with Crippen molar-refractivity contribution in [3.05, 3.63) is 20.2 Å². The van der Waals surface area contributed by atoms with Crippen LogP contribution in [0.1, 0.15) is 47.5 Å². The van der Waals surface area contributed by atoms with Gasteiger partial charge in [0.1, 0.15) is 11.4 Å². The number of carboxylic acids is 1. The van der Waals surface area contributed by atoms with E-state index in [2.05, 4.69) is 5.32 Å². The highest BCUT2D eigenvalue weighted by Gasteiger charge is 2.20. The molecule has 2 rings (SSSR count). The average Bonchev–Trinajstić information content (AvgIpc) is 2.68. The minimum absolute atomic E-state index is 0.000432. The van der Waals surface area contributed by atoms with E-state index >= 15 is 0 Å². The summed E-state index contributed by atoms with van der Waals surface area (Å²) < 4.78 is 1.23. The Morgan fingerprint density at radius 2 is 2.00 bits per heavy atom. The quantitative estimate of drug-likeness (QED) is 0.878. The van der Waals surface area contributed by atoms with Crippen LogP contribution in [0.4, 0.5) is 0 Å². The predicted molar refractivity (Wildman–Crippen MR) is 75.3 cm³/mol. The van der Waals surface area contributed by atoms with Gasteiger partial charge in [-0.15, -0.1) is 0 Å². The number of carboxylic acid groups (broad SMARTS) is 1. The van der Waals surface area contributed by atoms with Crippen molar-refractivity contribution in [1.29, 1.82) is 0 Å². The molecule has 6 nitrogen and oxygen atoms in total. The van der Waals surface area contributed by atoms with Crippen LogP contribution in [0.15, 0.2) is 4.79 Å². The van der Waals surface area contributed by atoms with Gasteiger partial charge in [-0.25, -0.2) is 4.79 Å². The maximum atomic E-state index is 12.0. The molecule has 0 aliphatic heterocycles. The third-order valence-electron chi connectivity index (χ3n) is 3.61. The van der Waals surface area contributed by atoms with Gasteiger partial charge in [-0.3, -0.25) is 14.2 Å². The zero-order valence-corrected chi connectivity index (χ0v) is 12.2. The molecule has 0 saturated heterocycles. The van der Waals surface area contributed by atoms with Crippen molar-refractivity contribution in [1.82, 2.24) is 9.88 Å². The molecule has 0 spiro atoms. The molecule has 0 unspecified atom stereocenters. The van der Waals surface area contributed by atoms with Gasteiger partial charge in [0.05, 0.1) is 0 Å². The van der Waals surface area contributed by atoms with E-state index in [1.54, 1.807) is 6.92 Å². The largest absolute Gasteiger partial charge is 0.477 e. The molecule has 0 atom stereocenters. The molecule has 1 fully saturated rings. The van der Waals surface area contributed by atoms with Crippen LogP contribution in [-0.4, -0.2) is 27.6 Å². The molecule has 20 heavy (non-hydrogen) atoms.